The number of aryl methyl sites for hydroxylation is 1. The summed E-state index contributed by atoms with van der Waals surface area (Å²) in [6, 6.07) is 7.62. The maximum absolute atomic E-state index is 12.3. The normalized spacial score (nSPS) is 15.2. The van der Waals surface area contributed by atoms with E-state index in [4.69, 9.17) is 4.74 Å². The molecular weight excluding hydrogens is 280 g/mol. The average Bonchev–Trinajstić information content (AvgIpc) is 2.53. The van der Waals surface area contributed by atoms with E-state index >= 15 is 0 Å². The molecule has 0 aliphatic carbocycles. The highest BCUT2D eigenvalue weighted by Gasteiger charge is 2.25. The third-order valence-corrected chi connectivity index (χ3v) is 3.80. The molecule has 1 N–H and O–H groups in total. The number of rotatable bonds is 4. The van der Waals surface area contributed by atoms with Gasteiger partial charge in [-0.25, -0.2) is 4.79 Å². The number of benzene rings is 1. The van der Waals surface area contributed by atoms with Crippen molar-refractivity contribution in [1.82, 2.24) is 10.2 Å². The van der Waals surface area contributed by atoms with Gasteiger partial charge in [0.1, 0.15) is 6.61 Å². The van der Waals surface area contributed by atoms with Crippen LogP contribution in [0.5, 0.6) is 0 Å². The highest BCUT2D eigenvalue weighted by Crippen LogP contribution is 2.13. The Balaban J connectivity index is 1.82. The third-order valence-electron chi connectivity index (χ3n) is 3.80. The van der Waals surface area contributed by atoms with Gasteiger partial charge < -0.3 is 15.0 Å². The average molecular weight is 302 g/mol. The zero-order chi connectivity index (χ0) is 15.9. The fourth-order valence-corrected chi connectivity index (χ4v) is 2.52. The van der Waals surface area contributed by atoms with Gasteiger partial charge in [0.05, 0.1) is 0 Å². The van der Waals surface area contributed by atoms with Gasteiger partial charge in [-0.1, -0.05) is 30.9 Å². The molecule has 1 fully saturated rings. The first-order valence-corrected chi connectivity index (χ1v) is 7.51. The third kappa shape index (κ3) is 4.10. The highest BCUT2D eigenvalue weighted by atomic mass is 16.6. The van der Waals surface area contributed by atoms with Crippen LogP contribution in [0, 0.1) is 6.92 Å². The van der Waals surface area contributed by atoms with Crippen LogP contribution in [0.2, 0.25) is 0 Å². The van der Waals surface area contributed by atoms with E-state index in [0.29, 0.717) is 18.7 Å². The quantitative estimate of drug-likeness (QED) is 0.869. The fourth-order valence-electron chi connectivity index (χ4n) is 2.52. The van der Waals surface area contributed by atoms with Gasteiger partial charge in [-0.3, -0.25) is 4.79 Å². The van der Waals surface area contributed by atoms with Crippen LogP contribution in [-0.4, -0.2) is 42.6 Å². The van der Waals surface area contributed by atoms with Gasteiger partial charge >= 0.3 is 6.09 Å². The van der Waals surface area contributed by atoms with E-state index in [1.807, 2.05) is 31.2 Å². The van der Waals surface area contributed by atoms with Crippen molar-refractivity contribution >= 4 is 12.0 Å². The first kappa shape index (κ1) is 16.1. The molecule has 0 aromatic heterocycles. The smallest absolute Gasteiger partial charge is 0.410 e. The van der Waals surface area contributed by atoms with E-state index in [1.165, 1.54) is 0 Å². The van der Waals surface area contributed by atoms with Crippen LogP contribution in [0.15, 0.2) is 36.9 Å². The number of hydrogen-bond acceptors (Lipinski definition) is 3. The number of likely N-dealkylation sites (tertiary alicyclic amines) is 1. The van der Waals surface area contributed by atoms with Gasteiger partial charge in [0.25, 0.3) is 5.91 Å². The van der Waals surface area contributed by atoms with Gasteiger partial charge in [-0.05, 0) is 31.4 Å². The Hall–Kier alpha value is -2.30. The summed E-state index contributed by atoms with van der Waals surface area (Å²) in [6.45, 7) is 6.85. The number of ether oxygens (including phenoxy) is 1. The SMILES string of the molecule is C=CCOC(=O)N1CCC(NC(=O)c2ccccc2C)CC1. The Morgan fingerprint density at radius 1 is 1.36 bits per heavy atom. The van der Waals surface area contributed by atoms with Gasteiger partial charge in [0.2, 0.25) is 0 Å². The molecule has 1 aromatic rings. The van der Waals surface area contributed by atoms with Gasteiger partial charge in [0, 0.05) is 24.7 Å². The summed E-state index contributed by atoms with van der Waals surface area (Å²) in [4.78, 5) is 25.7. The molecule has 0 saturated carbocycles. The lowest BCUT2D eigenvalue weighted by Gasteiger charge is -2.31. The molecule has 5 nitrogen and oxygen atoms in total. The zero-order valence-corrected chi connectivity index (χ0v) is 12.9. The van der Waals surface area contributed by atoms with Crippen molar-refractivity contribution in [2.45, 2.75) is 25.8 Å². The molecule has 1 saturated heterocycles. The highest BCUT2D eigenvalue weighted by molar-refractivity contribution is 5.95. The minimum atomic E-state index is -0.316. The van der Waals surface area contributed by atoms with Gasteiger partial charge in [-0.2, -0.15) is 0 Å². The van der Waals surface area contributed by atoms with Crippen LogP contribution in [0.1, 0.15) is 28.8 Å². The van der Waals surface area contributed by atoms with Crippen molar-refractivity contribution in [1.29, 1.82) is 0 Å². The number of carbonyl (C=O) groups excluding carboxylic acids is 2. The van der Waals surface area contributed by atoms with Crippen LogP contribution in [0.25, 0.3) is 0 Å². The lowest BCUT2D eigenvalue weighted by atomic mass is 10.0. The molecule has 5 heteroatoms. The summed E-state index contributed by atoms with van der Waals surface area (Å²) >= 11 is 0. The summed E-state index contributed by atoms with van der Waals surface area (Å²) < 4.78 is 5.01. The predicted molar refractivity (Wildman–Crippen MR) is 84.8 cm³/mol. The molecule has 1 aliphatic rings. The minimum absolute atomic E-state index is 0.0502. The summed E-state index contributed by atoms with van der Waals surface area (Å²) in [6.07, 6.45) is 2.71. The van der Waals surface area contributed by atoms with Crippen LogP contribution in [-0.2, 0) is 4.74 Å². The molecule has 0 bridgehead atoms. The summed E-state index contributed by atoms with van der Waals surface area (Å²) in [5.41, 5.74) is 1.67. The number of nitrogens with one attached hydrogen (secondary N) is 1. The van der Waals surface area contributed by atoms with Crippen LogP contribution in [0.4, 0.5) is 4.79 Å². The molecule has 1 aromatic carbocycles. The van der Waals surface area contributed by atoms with E-state index in [0.717, 1.165) is 18.4 Å². The molecule has 0 atom stereocenters. The lowest BCUT2D eigenvalue weighted by Crippen LogP contribution is -2.46. The summed E-state index contributed by atoms with van der Waals surface area (Å²) in [5.74, 6) is -0.0502. The first-order chi connectivity index (χ1) is 10.6. The Labute approximate surface area is 130 Å². The van der Waals surface area contributed by atoms with Crippen molar-refractivity contribution in [2.24, 2.45) is 0 Å². The van der Waals surface area contributed by atoms with E-state index in [1.54, 1.807) is 11.0 Å². The fraction of sp³-hybridized carbons (Fsp3) is 0.412. The second-order valence-corrected chi connectivity index (χ2v) is 5.42. The van der Waals surface area contributed by atoms with E-state index in [-0.39, 0.29) is 24.6 Å². The maximum Gasteiger partial charge on any atom is 0.410 e. The minimum Gasteiger partial charge on any atom is -0.445 e. The first-order valence-electron chi connectivity index (χ1n) is 7.51. The molecule has 1 aliphatic heterocycles. The van der Waals surface area contributed by atoms with Crippen LogP contribution in [0.3, 0.4) is 0 Å². The molecule has 0 unspecified atom stereocenters. The number of hydrogen-bond donors (Lipinski definition) is 1. The summed E-state index contributed by atoms with van der Waals surface area (Å²) in [5, 5.41) is 3.04. The largest absolute Gasteiger partial charge is 0.445 e. The molecule has 0 spiro atoms. The molecule has 2 amide bonds. The second-order valence-electron chi connectivity index (χ2n) is 5.42. The predicted octanol–water partition coefficient (Wildman–Crippen LogP) is 2.51. The topological polar surface area (TPSA) is 58.6 Å². The zero-order valence-electron chi connectivity index (χ0n) is 12.9. The Morgan fingerprint density at radius 3 is 2.68 bits per heavy atom. The maximum atomic E-state index is 12.3. The van der Waals surface area contributed by atoms with Crippen molar-refractivity contribution < 1.29 is 14.3 Å². The van der Waals surface area contributed by atoms with Crippen LogP contribution < -0.4 is 5.32 Å². The molecule has 118 valence electrons. The lowest BCUT2D eigenvalue weighted by molar-refractivity contribution is 0.0873. The number of carbonyl (C=O) groups is 2. The molecule has 1 heterocycles. The number of nitrogens with zero attached hydrogens (tertiary/aromatic N) is 1. The van der Waals surface area contributed by atoms with Gasteiger partial charge in [-0.15, -0.1) is 0 Å². The van der Waals surface area contributed by atoms with Crippen molar-refractivity contribution in [3.8, 4) is 0 Å². The Bertz CT molecular complexity index is 549. The molecule has 22 heavy (non-hydrogen) atoms. The number of piperidine rings is 1. The van der Waals surface area contributed by atoms with Crippen molar-refractivity contribution in [3.05, 3.63) is 48.0 Å². The Morgan fingerprint density at radius 2 is 2.05 bits per heavy atom. The van der Waals surface area contributed by atoms with Gasteiger partial charge in [0.15, 0.2) is 0 Å². The van der Waals surface area contributed by atoms with E-state index in [9.17, 15) is 9.59 Å². The molecule has 0 radical (unpaired) electrons. The standard InChI is InChI=1S/C17H22N2O3/c1-3-12-22-17(21)19-10-8-14(9-11-19)18-16(20)15-7-5-4-6-13(15)2/h3-7,14H,1,8-12H2,2H3,(H,18,20). The molecule has 2 rings (SSSR count). The molecular formula is C17H22N2O3. The van der Waals surface area contributed by atoms with Crippen molar-refractivity contribution in [3.63, 3.8) is 0 Å². The Kier molecular flexibility index (Phi) is 5.58. The van der Waals surface area contributed by atoms with E-state index < -0.39 is 0 Å². The van der Waals surface area contributed by atoms with E-state index in [2.05, 4.69) is 11.9 Å². The van der Waals surface area contributed by atoms with Crippen LogP contribution >= 0.6 is 0 Å². The van der Waals surface area contributed by atoms with Crippen molar-refractivity contribution in [2.75, 3.05) is 19.7 Å². The summed E-state index contributed by atoms with van der Waals surface area (Å²) in [7, 11) is 0. The number of amides is 2. The second kappa shape index (κ2) is 7.64. The monoisotopic (exact) mass is 302 g/mol.